The molecule has 8 heteroatoms. The summed E-state index contributed by atoms with van der Waals surface area (Å²) in [6.07, 6.45) is 1.72. The Morgan fingerprint density at radius 3 is 2.30 bits per heavy atom. The zero-order valence-electron chi connectivity index (χ0n) is 23.4. The summed E-state index contributed by atoms with van der Waals surface area (Å²) in [5, 5.41) is 2.98. The fourth-order valence-corrected chi connectivity index (χ4v) is 6.09. The second-order valence-corrected chi connectivity index (χ2v) is 12.4. The number of carbonyl (C=O) groups excluding carboxylic acids is 1. The lowest BCUT2D eigenvalue weighted by molar-refractivity contribution is -0.153. The van der Waals surface area contributed by atoms with Crippen molar-refractivity contribution in [3.63, 3.8) is 0 Å². The van der Waals surface area contributed by atoms with Crippen LogP contribution in [0.15, 0.2) is 85.1 Å². The summed E-state index contributed by atoms with van der Waals surface area (Å²) in [4.78, 5) is 23.3. The third-order valence-corrected chi connectivity index (χ3v) is 8.55. The molecule has 0 fully saturated rings. The minimum Gasteiger partial charge on any atom is -0.336 e. The van der Waals surface area contributed by atoms with E-state index >= 15 is 0 Å². The van der Waals surface area contributed by atoms with Gasteiger partial charge in [-0.2, -0.15) is 4.73 Å². The molecular weight excluding hydrogens is 523 g/mol. The van der Waals surface area contributed by atoms with Crippen molar-refractivity contribution in [3.8, 4) is 22.4 Å². The van der Waals surface area contributed by atoms with E-state index in [2.05, 4.69) is 24.3 Å². The van der Waals surface area contributed by atoms with Gasteiger partial charge in [0.2, 0.25) is 0 Å². The molecule has 0 bridgehead atoms. The van der Waals surface area contributed by atoms with Gasteiger partial charge in [0.05, 0.1) is 29.8 Å². The first-order valence-corrected chi connectivity index (χ1v) is 14.9. The predicted octanol–water partition coefficient (Wildman–Crippen LogP) is 7.42. The van der Waals surface area contributed by atoms with E-state index in [1.54, 1.807) is 26.1 Å². The zero-order valence-corrected chi connectivity index (χ0v) is 24.3. The highest BCUT2D eigenvalue weighted by Gasteiger charge is 2.29. The average Bonchev–Trinajstić information content (AvgIpc) is 3.40. The van der Waals surface area contributed by atoms with Gasteiger partial charge in [-0.3, -0.25) is 4.57 Å². The summed E-state index contributed by atoms with van der Waals surface area (Å²) in [5.41, 5.74) is 3.66. The number of pyridine rings is 1. The van der Waals surface area contributed by atoms with Crippen molar-refractivity contribution >= 4 is 40.7 Å². The van der Waals surface area contributed by atoms with Crippen LogP contribution in [0.5, 0.6) is 0 Å². The Labute approximate surface area is 234 Å². The molecule has 0 aliphatic heterocycles. The van der Waals surface area contributed by atoms with Gasteiger partial charge in [0, 0.05) is 22.7 Å². The molecule has 0 saturated heterocycles. The van der Waals surface area contributed by atoms with E-state index in [1.165, 1.54) is 4.73 Å². The quantitative estimate of drug-likeness (QED) is 0.185. The van der Waals surface area contributed by atoms with Crippen LogP contribution >= 0.6 is 7.60 Å². The van der Waals surface area contributed by atoms with Gasteiger partial charge in [0.1, 0.15) is 0 Å². The number of hydrogen-bond donors (Lipinski definition) is 0. The van der Waals surface area contributed by atoms with Crippen molar-refractivity contribution in [1.82, 2.24) is 9.71 Å². The average molecular weight is 557 g/mol. The van der Waals surface area contributed by atoms with E-state index < -0.39 is 13.0 Å². The van der Waals surface area contributed by atoms with Crippen LogP contribution < -0.4 is 10.3 Å². The molecule has 5 rings (SSSR count). The Kier molecular flexibility index (Phi) is 7.65. The van der Waals surface area contributed by atoms with Crippen molar-refractivity contribution in [2.75, 3.05) is 13.2 Å². The topological polar surface area (TPSA) is 79.6 Å². The highest BCUT2D eigenvalue weighted by molar-refractivity contribution is 7.61. The second kappa shape index (κ2) is 11.0. The minimum atomic E-state index is -3.61. The van der Waals surface area contributed by atoms with Crippen LogP contribution in [0.3, 0.4) is 0 Å². The Morgan fingerprint density at radius 1 is 0.850 bits per heavy atom. The van der Waals surface area contributed by atoms with Crippen LogP contribution in [0.2, 0.25) is 0 Å². The van der Waals surface area contributed by atoms with Gasteiger partial charge >= 0.3 is 13.6 Å². The number of fused-ring (bicyclic) bond motifs is 2. The number of rotatable bonds is 8. The fourth-order valence-electron chi connectivity index (χ4n) is 4.60. The summed E-state index contributed by atoms with van der Waals surface area (Å²) >= 11 is 0. The van der Waals surface area contributed by atoms with Gasteiger partial charge < -0.3 is 13.9 Å². The van der Waals surface area contributed by atoms with Gasteiger partial charge in [-0.15, -0.1) is 0 Å². The molecule has 3 aromatic carbocycles. The normalized spacial score (nSPS) is 12.2. The van der Waals surface area contributed by atoms with E-state index in [9.17, 15) is 9.36 Å². The molecule has 40 heavy (non-hydrogen) atoms. The van der Waals surface area contributed by atoms with Crippen LogP contribution in [0.1, 0.15) is 34.6 Å². The maximum atomic E-state index is 13.6. The standard InChI is InChI=1S/C32H33N2O5P/c1-6-37-40(36,38-7-2)29-18-17-23-20-24(28-16-11-19-34(28)39-31(35)32(3,4)5)21-27(30(23)33-29)26-15-10-13-22-12-8-9-14-25(22)26/h8-21H,6-7H2,1-5H3. The Bertz CT molecular complexity index is 1740. The van der Waals surface area contributed by atoms with Crippen molar-refractivity contribution in [2.45, 2.75) is 34.6 Å². The lowest BCUT2D eigenvalue weighted by Crippen LogP contribution is -2.31. The van der Waals surface area contributed by atoms with Gasteiger partial charge in [0.15, 0.2) is 5.44 Å². The van der Waals surface area contributed by atoms with Crippen LogP contribution in [0, 0.1) is 5.41 Å². The third kappa shape index (κ3) is 5.33. The molecule has 0 amide bonds. The Balaban J connectivity index is 1.76. The van der Waals surface area contributed by atoms with Crippen LogP contribution in [0.25, 0.3) is 44.1 Å². The van der Waals surface area contributed by atoms with E-state index in [0.29, 0.717) is 5.52 Å². The number of nitrogens with zero attached hydrogens (tertiary/aromatic N) is 2. The minimum absolute atomic E-state index is 0.233. The summed E-state index contributed by atoms with van der Waals surface area (Å²) in [7, 11) is -3.61. The molecule has 0 spiro atoms. The molecular formula is C32H33N2O5P. The van der Waals surface area contributed by atoms with E-state index in [-0.39, 0.29) is 24.6 Å². The number of benzene rings is 3. The van der Waals surface area contributed by atoms with E-state index in [4.69, 9.17) is 18.9 Å². The number of carbonyl (C=O) groups is 1. The number of aromatic nitrogens is 2. The SMILES string of the molecule is CCOP(=O)(OCC)c1ccc2cc(-c3cccn3OC(=O)C(C)(C)C)cc(-c3cccc4ccccc34)c2n1. The molecule has 0 atom stereocenters. The first kappa shape index (κ1) is 27.8. The Hall–Kier alpha value is -3.77. The lowest BCUT2D eigenvalue weighted by Gasteiger charge is -2.19. The molecule has 5 aromatic rings. The van der Waals surface area contributed by atoms with Crippen molar-refractivity contribution in [1.29, 1.82) is 0 Å². The first-order valence-electron chi connectivity index (χ1n) is 13.4. The second-order valence-electron chi connectivity index (χ2n) is 10.5. The fraction of sp³-hybridized carbons (Fsp3) is 0.250. The highest BCUT2D eigenvalue weighted by Crippen LogP contribution is 2.47. The molecule has 206 valence electrons. The predicted molar refractivity (Wildman–Crippen MR) is 160 cm³/mol. The van der Waals surface area contributed by atoms with E-state index in [1.807, 2.05) is 69.3 Å². The molecule has 0 N–H and O–H groups in total. The molecule has 0 aliphatic carbocycles. The van der Waals surface area contributed by atoms with Crippen molar-refractivity contribution in [3.05, 3.63) is 85.1 Å². The van der Waals surface area contributed by atoms with Crippen molar-refractivity contribution < 1.29 is 23.2 Å². The molecule has 0 unspecified atom stereocenters. The highest BCUT2D eigenvalue weighted by atomic mass is 31.2. The van der Waals surface area contributed by atoms with Gasteiger partial charge in [-0.25, -0.2) is 9.78 Å². The number of hydrogen-bond acceptors (Lipinski definition) is 6. The summed E-state index contributed by atoms with van der Waals surface area (Å²) < 4.78 is 26.3. The molecule has 0 radical (unpaired) electrons. The van der Waals surface area contributed by atoms with Gasteiger partial charge in [0.25, 0.3) is 0 Å². The van der Waals surface area contributed by atoms with Gasteiger partial charge in [-0.05, 0) is 81.3 Å². The molecule has 0 aliphatic rings. The van der Waals surface area contributed by atoms with Crippen LogP contribution in [-0.4, -0.2) is 28.9 Å². The van der Waals surface area contributed by atoms with E-state index in [0.717, 1.165) is 38.5 Å². The van der Waals surface area contributed by atoms with Gasteiger partial charge in [-0.1, -0.05) is 48.5 Å². The summed E-state index contributed by atoms with van der Waals surface area (Å²) in [6, 6.07) is 25.6. The molecule has 2 heterocycles. The molecule has 2 aromatic heterocycles. The zero-order chi connectivity index (χ0) is 28.5. The maximum absolute atomic E-state index is 13.6. The molecule has 0 saturated carbocycles. The Morgan fingerprint density at radius 2 is 1.57 bits per heavy atom. The summed E-state index contributed by atoms with van der Waals surface area (Å²) in [5.74, 6) is -0.339. The summed E-state index contributed by atoms with van der Waals surface area (Å²) in [6.45, 7) is 9.48. The van der Waals surface area contributed by atoms with Crippen molar-refractivity contribution in [2.24, 2.45) is 5.41 Å². The smallest absolute Gasteiger partial charge is 0.336 e. The monoisotopic (exact) mass is 556 g/mol. The lowest BCUT2D eigenvalue weighted by atomic mass is 9.94. The van der Waals surface area contributed by atoms with Crippen LogP contribution in [-0.2, 0) is 18.4 Å². The van der Waals surface area contributed by atoms with Crippen LogP contribution in [0.4, 0.5) is 0 Å². The third-order valence-electron chi connectivity index (χ3n) is 6.54. The maximum Gasteiger partial charge on any atom is 0.379 e. The first-order chi connectivity index (χ1) is 19.1. The molecule has 7 nitrogen and oxygen atoms in total. The largest absolute Gasteiger partial charge is 0.379 e.